The Morgan fingerprint density at radius 1 is 1.00 bits per heavy atom. The topological polar surface area (TPSA) is 75.5 Å². The Bertz CT molecular complexity index is 1090. The van der Waals surface area contributed by atoms with Crippen molar-refractivity contribution < 1.29 is 13.2 Å². The second kappa shape index (κ2) is 9.23. The summed E-state index contributed by atoms with van der Waals surface area (Å²) in [7, 11) is -0.647. The van der Waals surface area contributed by atoms with Gasteiger partial charge in [-0.1, -0.05) is 48.0 Å². The molecule has 2 aromatic carbocycles. The lowest BCUT2D eigenvalue weighted by Gasteiger charge is -2.21. The van der Waals surface area contributed by atoms with E-state index in [-0.39, 0.29) is 17.3 Å². The fourth-order valence-corrected chi connectivity index (χ4v) is 4.11. The number of carbonyl (C=O) groups is 1. The zero-order valence-electron chi connectivity index (χ0n) is 17.4. The minimum absolute atomic E-state index is 0.174. The highest BCUT2D eigenvalue weighted by atomic mass is 32.2. The van der Waals surface area contributed by atoms with E-state index in [0.29, 0.717) is 13.1 Å². The summed E-state index contributed by atoms with van der Waals surface area (Å²) >= 11 is 0. The summed E-state index contributed by atoms with van der Waals surface area (Å²) in [4.78, 5) is 14.3. The third-order valence-electron chi connectivity index (χ3n) is 4.81. The minimum Gasteiger partial charge on any atom is -0.340 e. The molecular weight excluding hydrogens is 400 g/mol. The van der Waals surface area contributed by atoms with Crippen molar-refractivity contribution in [2.24, 2.45) is 0 Å². The smallest absolute Gasteiger partial charge is 0.243 e. The second-order valence-electron chi connectivity index (χ2n) is 7.36. The zero-order valence-corrected chi connectivity index (χ0v) is 18.2. The van der Waals surface area contributed by atoms with Crippen molar-refractivity contribution in [3.63, 3.8) is 0 Å². The lowest BCUT2D eigenvalue weighted by Crippen LogP contribution is -2.39. The molecular formula is C22H26N4O3S. The molecule has 3 aromatic rings. The molecule has 3 rings (SSSR count). The van der Waals surface area contributed by atoms with E-state index in [4.69, 9.17) is 0 Å². The number of aromatic nitrogens is 2. The summed E-state index contributed by atoms with van der Waals surface area (Å²) in [6.45, 7) is 2.66. The van der Waals surface area contributed by atoms with Crippen molar-refractivity contribution in [2.75, 3.05) is 20.6 Å². The Hall–Kier alpha value is -2.97. The standard InChI is InChI=1S/C22H26N4O3S/c1-18-9-11-21(12-10-18)30(28,29)25(3)17-22(27)24(2)14-20-13-23-26(16-20)15-19-7-5-4-6-8-19/h4-13,16H,14-15,17H2,1-3H3. The molecule has 0 bridgehead atoms. The van der Waals surface area contributed by atoms with Crippen LogP contribution in [0.25, 0.3) is 0 Å². The van der Waals surface area contributed by atoms with E-state index in [1.165, 1.54) is 11.9 Å². The molecule has 0 atom stereocenters. The van der Waals surface area contributed by atoms with Gasteiger partial charge in [0.15, 0.2) is 0 Å². The normalized spacial score (nSPS) is 11.6. The molecule has 0 aliphatic rings. The molecule has 0 saturated heterocycles. The molecule has 0 aliphatic heterocycles. The van der Waals surface area contributed by atoms with Gasteiger partial charge in [0.25, 0.3) is 0 Å². The van der Waals surface area contributed by atoms with Crippen LogP contribution in [0.2, 0.25) is 0 Å². The van der Waals surface area contributed by atoms with Crippen LogP contribution < -0.4 is 0 Å². The molecule has 0 unspecified atom stereocenters. The second-order valence-corrected chi connectivity index (χ2v) is 9.40. The Kier molecular flexibility index (Phi) is 6.69. The molecule has 1 heterocycles. The monoisotopic (exact) mass is 426 g/mol. The first-order valence-corrected chi connectivity index (χ1v) is 11.0. The lowest BCUT2D eigenvalue weighted by atomic mass is 10.2. The number of likely N-dealkylation sites (N-methyl/N-ethyl adjacent to an activating group) is 2. The van der Waals surface area contributed by atoms with Crippen molar-refractivity contribution >= 4 is 15.9 Å². The molecule has 0 radical (unpaired) electrons. The van der Waals surface area contributed by atoms with E-state index in [1.54, 1.807) is 37.5 Å². The maximum Gasteiger partial charge on any atom is 0.243 e. The molecule has 0 saturated carbocycles. The van der Waals surface area contributed by atoms with Gasteiger partial charge in [0.1, 0.15) is 0 Å². The van der Waals surface area contributed by atoms with Gasteiger partial charge in [-0.2, -0.15) is 9.40 Å². The first kappa shape index (κ1) is 21.7. The number of hydrogen-bond acceptors (Lipinski definition) is 4. The van der Waals surface area contributed by atoms with Gasteiger partial charge < -0.3 is 4.90 Å². The molecule has 30 heavy (non-hydrogen) atoms. The van der Waals surface area contributed by atoms with Gasteiger partial charge in [0.2, 0.25) is 15.9 Å². The van der Waals surface area contributed by atoms with E-state index >= 15 is 0 Å². The minimum atomic E-state index is -3.72. The van der Waals surface area contributed by atoms with E-state index in [0.717, 1.165) is 21.0 Å². The highest BCUT2D eigenvalue weighted by Gasteiger charge is 2.24. The molecule has 7 nitrogen and oxygen atoms in total. The maximum absolute atomic E-state index is 12.7. The van der Waals surface area contributed by atoms with Crippen LogP contribution in [0.5, 0.6) is 0 Å². The van der Waals surface area contributed by atoms with Crippen LogP contribution in [0.3, 0.4) is 0 Å². The predicted molar refractivity (Wildman–Crippen MR) is 115 cm³/mol. The molecule has 0 N–H and O–H groups in total. The average Bonchev–Trinajstić information content (AvgIpc) is 3.15. The van der Waals surface area contributed by atoms with Gasteiger partial charge in [-0.25, -0.2) is 8.42 Å². The quantitative estimate of drug-likeness (QED) is 0.555. The largest absolute Gasteiger partial charge is 0.340 e. The van der Waals surface area contributed by atoms with Crippen LogP contribution in [-0.2, 0) is 27.9 Å². The third kappa shape index (κ3) is 5.34. The van der Waals surface area contributed by atoms with E-state index in [2.05, 4.69) is 5.10 Å². The van der Waals surface area contributed by atoms with Crippen LogP contribution in [-0.4, -0.2) is 54.0 Å². The van der Waals surface area contributed by atoms with Gasteiger partial charge in [-0.15, -0.1) is 0 Å². The van der Waals surface area contributed by atoms with E-state index in [1.807, 2.05) is 48.1 Å². The fourth-order valence-electron chi connectivity index (χ4n) is 2.99. The summed E-state index contributed by atoms with van der Waals surface area (Å²) in [6, 6.07) is 16.6. The van der Waals surface area contributed by atoms with Crippen LogP contribution in [0.1, 0.15) is 16.7 Å². The van der Waals surface area contributed by atoms with Gasteiger partial charge in [0, 0.05) is 32.4 Å². The predicted octanol–water partition coefficient (Wildman–Crippen LogP) is 2.52. The molecule has 1 aromatic heterocycles. The maximum atomic E-state index is 12.7. The van der Waals surface area contributed by atoms with Crippen molar-refractivity contribution in [3.8, 4) is 0 Å². The van der Waals surface area contributed by atoms with Crippen molar-refractivity contribution in [1.82, 2.24) is 19.0 Å². The van der Waals surface area contributed by atoms with Gasteiger partial charge >= 0.3 is 0 Å². The SMILES string of the molecule is Cc1ccc(S(=O)(=O)N(C)CC(=O)N(C)Cc2cnn(Cc3ccccc3)c2)cc1. The number of nitrogens with zero attached hydrogens (tertiary/aromatic N) is 4. The number of benzene rings is 2. The molecule has 158 valence electrons. The molecule has 8 heteroatoms. The summed E-state index contributed by atoms with van der Waals surface area (Å²) in [5.41, 5.74) is 2.99. The Balaban J connectivity index is 1.58. The fraction of sp³-hybridized carbons (Fsp3) is 0.273. The molecule has 1 amide bonds. The first-order chi connectivity index (χ1) is 14.3. The number of hydrogen-bond donors (Lipinski definition) is 0. The number of aryl methyl sites for hydroxylation is 1. The highest BCUT2D eigenvalue weighted by molar-refractivity contribution is 7.89. The van der Waals surface area contributed by atoms with Crippen molar-refractivity contribution in [1.29, 1.82) is 0 Å². The Morgan fingerprint density at radius 3 is 2.33 bits per heavy atom. The Morgan fingerprint density at radius 2 is 1.67 bits per heavy atom. The molecule has 0 aliphatic carbocycles. The van der Waals surface area contributed by atoms with E-state index in [9.17, 15) is 13.2 Å². The summed E-state index contributed by atoms with van der Waals surface area (Å²) < 4.78 is 28.3. The lowest BCUT2D eigenvalue weighted by molar-refractivity contribution is -0.130. The summed E-state index contributed by atoms with van der Waals surface area (Å²) in [6.07, 6.45) is 3.61. The Labute approximate surface area is 177 Å². The van der Waals surface area contributed by atoms with Crippen LogP contribution >= 0.6 is 0 Å². The van der Waals surface area contributed by atoms with Crippen LogP contribution in [0, 0.1) is 6.92 Å². The van der Waals surface area contributed by atoms with Crippen LogP contribution in [0.4, 0.5) is 0 Å². The highest BCUT2D eigenvalue weighted by Crippen LogP contribution is 2.15. The van der Waals surface area contributed by atoms with E-state index < -0.39 is 10.0 Å². The van der Waals surface area contributed by atoms with Crippen molar-refractivity contribution in [3.05, 3.63) is 83.7 Å². The number of rotatable bonds is 8. The molecule has 0 fully saturated rings. The van der Waals surface area contributed by atoms with Crippen molar-refractivity contribution in [2.45, 2.75) is 24.9 Å². The van der Waals surface area contributed by atoms with Gasteiger partial charge in [-0.05, 0) is 24.6 Å². The number of carbonyl (C=O) groups excluding carboxylic acids is 1. The van der Waals surface area contributed by atoms with Crippen LogP contribution in [0.15, 0.2) is 71.9 Å². The van der Waals surface area contributed by atoms with Gasteiger partial charge in [0.05, 0.1) is 24.2 Å². The summed E-state index contributed by atoms with van der Waals surface area (Å²) in [5, 5.41) is 4.34. The molecule has 0 spiro atoms. The third-order valence-corrected chi connectivity index (χ3v) is 6.62. The number of sulfonamides is 1. The van der Waals surface area contributed by atoms with Gasteiger partial charge in [-0.3, -0.25) is 9.48 Å². The summed E-state index contributed by atoms with van der Waals surface area (Å²) in [5.74, 6) is -0.288. The first-order valence-electron chi connectivity index (χ1n) is 9.58. The zero-order chi connectivity index (χ0) is 21.7. The average molecular weight is 427 g/mol. The number of amides is 1.